The first-order chi connectivity index (χ1) is 5.70. The van der Waals surface area contributed by atoms with E-state index in [0.29, 0.717) is 12.3 Å². The zero-order valence-corrected chi connectivity index (χ0v) is 8.15. The average molecular weight is 173 g/mol. The fourth-order valence-corrected chi connectivity index (χ4v) is 1.72. The molecule has 2 atom stereocenters. The molecule has 2 unspecified atom stereocenters. The predicted octanol–water partition coefficient (Wildman–Crippen LogP) is 2.37. The molecule has 1 aliphatic heterocycles. The van der Waals surface area contributed by atoms with Crippen LogP contribution < -0.4 is 5.32 Å². The lowest BCUT2D eigenvalue weighted by molar-refractivity contribution is 0.164. The monoisotopic (exact) mass is 173 g/mol. The van der Waals surface area contributed by atoms with Gasteiger partial charge in [0.25, 0.3) is 0 Å². The van der Waals surface area contributed by atoms with E-state index in [0.717, 1.165) is 25.9 Å². The summed E-state index contributed by atoms with van der Waals surface area (Å²) in [6.07, 6.45) is 2.37. The van der Waals surface area contributed by atoms with Gasteiger partial charge >= 0.3 is 0 Å². The van der Waals surface area contributed by atoms with E-state index >= 15 is 0 Å². The molecule has 0 aromatic carbocycles. The largest absolute Gasteiger partial charge is 0.316 e. The fourth-order valence-electron chi connectivity index (χ4n) is 1.72. The fraction of sp³-hybridized carbons (Fsp3) is 1.00. The third-order valence-corrected chi connectivity index (χ3v) is 2.63. The van der Waals surface area contributed by atoms with Crippen LogP contribution in [-0.2, 0) is 0 Å². The molecule has 1 aliphatic rings. The predicted molar refractivity (Wildman–Crippen MR) is 49.9 cm³/mol. The van der Waals surface area contributed by atoms with Gasteiger partial charge in [0.05, 0.1) is 0 Å². The summed E-state index contributed by atoms with van der Waals surface area (Å²) in [6.45, 7) is 6.14. The molecule has 0 aromatic rings. The van der Waals surface area contributed by atoms with E-state index in [-0.39, 0.29) is 5.92 Å². The number of hydrogen-bond donors (Lipinski definition) is 1. The van der Waals surface area contributed by atoms with Gasteiger partial charge in [0.1, 0.15) is 6.17 Å². The highest BCUT2D eigenvalue weighted by Gasteiger charge is 2.23. The Kier molecular flexibility index (Phi) is 3.99. The Balaban J connectivity index is 2.20. The number of piperidine rings is 1. The van der Waals surface area contributed by atoms with Gasteiger partial charge < -0.3 is 5.32 Å². The second kappa shape index (κ2) is 4.80. The Hall–Kier alpha value is -0.110. The first kappa shape index (κ1) is 9.97. The Bertz CT molecular complexity index is 125. The Labute approximate surface area is 74.7 Å². The summed E-state index contributed by atoms with van der Waals surface area (Å²) < 4.78 is 13.3. The van der Waals surface area contributed by atoms with Crippen LogP contribution in [0, 0.1) is 11.8 Å². The van der Waals surface area contributed by atoms with Gasteiger partial charge in [0.2, 0.25) is 0 Å². The zero-order chi connectivity index (χ0) is 8.97. The van der Waals surface area contributed by atoms with Crippen molar-refractivity contribution in [1.29, 1.82) is 0 Å². The minimum atomic E-state index is -0.551. The molecule has 1 nitrogen and oxygen atoms in total. The van der Waals surface area contributed by atoms with Gasteiger partial charge in [0.15, 0.2) is 0 Å². The van der Waals surface area contributed by atoms with Crippen LogP contribution in [0.15, 0.2) is 0 Å². The van der Waals surface area contributed by atoms with Crippen LogP contribution in [0.5, 0.6) is 0 Å². The maximum absolute atomic E-state index is 13.3. The molecule has 2 heteroatoms. The van der Waals surface area contributed by atoms with Crippen LogP contribution in [0.1, 0.15) is 33.1 Å². The molecule has 0 amide bonds. The van der Waals surface area contributed by atoms with Crippen molar-refractivity contribution < 1.29 is 4.39 Å². The van der Waals surface area contributed by atoms with E-state index in [9.17, 15) is 4.39 Å². The second-order valence-corrected chi connectivity index (χ2v) is 4.24. The summed E-state index contributed by atoms with van der Waals surface area (Å²) in [5.41, 5.74) is 0. The maximum atomic E-state index is 13.3. The average Bonchev–Trinajstić information content (AvgIpc) is 2.03. The Morgan fingerprint density at radius 1 is 1.50 bits per heavy atom. The highest BCUT2D eigenvalue weighted by Crippen LogP contribution is 2.21. The van der Waals surface area contributed by atoms with Crippen molar-refractivity contribution in [2.75, 3.05) is 13.1 Å². The number of nitrogens with one attached hydrogen (secondary N) is 1. The normalized spacial score (nSPS) is 31.0. The molecule has 1 fully saturated rings. The van der Waals surface area contributed by atoms with Crippen LogP contribution >= 0.6 is 0 Å². The summed E-state index contributed by atoms with van der Waals surface area (Å²) in [6, 6.07) is 0. The minimum absolute atomic E-state index is 0.279. The third kappa shape index (κ3) is 3.10. The van der Waals surface area contributed by atoms with Crippen LogP contribution in [0.3, 0.4) is 0 Å². The van der Waals surface area contributed by atoms with E-state index in [1.807, 2.05) is 0 Å². The number of alkyl halides is 1. The van der Waals surface area contributed by atoms with Crippen LogP contribution in [-0.4, -0.2) is 19.3 Å². The number of halogens is 1. The summed E-state index contributed by atoms with van der Waals surface area (Å²) in [7, 11) is 0. The van der Waals surface area contributed by atoms with Gasteiger partial charge in [-0.15, -0.1) is 0 Å². The van der Waals surface area contributed by atoms with Gasteiger partial charge in [-0.25, -0.2) is 4.39 Å². The van der Waals surface area contributed by atoms with E-state index in [2.05, 4.69) is 19.2 Å². The van der Waals surface area contributed by atoms with Gasteiger partial charge in [-0.2, -0.15) is 0 Å². The molecular formula is C10H20FN. The molecule has 0 radical (unpaired) electrons. The zero-order valence-electron chi connectivity index (χ0n) is 8.15. The number of rotatable bonds is 3. The van der Waals surface area contributed by atoms with Gasteiger partial charge in [0, 0.05) is 12.5 Å². The summed E-state index contributed by atoms with van der Waals surface area (Å²) in [4.78, 5) is 0. The van der Waals surface area contributed by atoms with Gasteiger partial charge in [-0.05, 0) is 25.3 Å². The highest BCUT2D eigenvalue weighted by atomic mass is 19.1. The SMILES string of the molecule is CC(C)CCC1CNCCC1F. The Morgan fingerprint density at radius 2 is 2.25 bits per heavy atom. The molecule has 1 saturated heterocycles. The summed E-state index contributed by atoms with van der Waals surface area (Å²) in [5, 5.41) is 3.25. The van der Waals surface area contributed by atoms with Crippen molar-refractivity contribution in [3.05, 3.63) is 0 Å². The molecule has 12 heavy (non-hydrogen) atoms. The van der Waals surface area contributed by atoms with Crippen molar-refractivity contribution in [3.8, 4) is 0 Å². The Morgan fingerprint density at radius 3 is 2.83 bits per heavy atom. The quantitative estimate of drug-likeness (QED) is 0.691. The first-order valence-corrected chi connectivity index (χ1v) is 5.05. The molecule has 0 saturated carbocycles. The van der Waals surface area contributed by atoms with Crippen molar-refractivity contribution in [2.24, 2.45) is 11.8 Å². The van der Waals surface area contributed by atoms with E-state index in [1.165, 1.54) is 0 Å². The molecule has 0 bridgehead atoms. The standard InChI is InChI=1S/C10H20FN/c1-8(2)3-4-9-7-12-6-5-10(9)11/h8-10,12H,3-7H2,1-2H3. The topological polar surface area (TPSA) is 12.0 Å². The van der Waals surface area contributed by atoms with Crippen LogP contribution in [0.2, 0.25) is 0 Å². The van der Waals surface area contributed by atoms with Crippen LogP contribution in [0.4, 0.5) is 4.39 Å². The lowest BCUT2D eigenvalue weighted by Crippen LogP contribution is -2.37. The molecule has 72 valence electrons. The second-order valence-electron chi connectivity index (χ2n) is 4.24. The maximum Gasteiger partial charge on any atom is 0.105 e. The summed E-state index contributed by atoms with van der Waals surface area (Å²) >= 11 is 0. The summed E-state index contributed by atoms with van der Waals surface area (Å²) in [5.74, 6) is 0.986. The van der Waals surface area contributed by atoms with Crippen molar-refractivity contribution in [3.63, 3.8) is 0 Å². The van der Waals surface area contributed by atoms with Crippen molar-refractivity contribution in [1.82, 2.24) is 5.32 Å². The van der Waals surface area contributed by atoms with E-state index in [1.54, 1.807) is 0 Å². The molecule has 0 spiro atoms. The number of hydrogen-bond acceptors (Lipinski definition) is 1. The van der Waals surface area contributed by atoms with Crippen molar-refractivity contribution >= 4 is 0 Å². The molecular weight excluding hydrogens is 153 g/mol. The lowest BCUT2D eigenvalue weighted by atomic mass is 9.90. The highest BCUT2D eigenvalue weighted by molar-refractivity contribution is 4.77. The molecule has 1 heterocycles. The molecule has 1 rings (SSSR count). The third-order valence-electron chi connectivity index (χ3n) is 2.63. The van der Waals surface area contributed by atoms with E-state index < -0.39 is 6.17 Å². The lowest BCUT2D eigenvalue weighted by Gasteiger charge is -2.27. The molecule has 0 aromatic heterocycles. The minimum Gasteiger partial charge on any atom is -0.316 e. The first-order valence-electron chi connectivity index (χ1n) is 5.05. The van der Waals surface area contributed by atoms with Crippen molar-refractivity contribution in [2.45, 2.75) is 39.3 Å². The molecule has 0 aliphatic carbocycles. The van der Waals surface area contributed by atoms with Crippen LogP contribution in [0.25, 0.3) is 0 Å². The molecule has 1 N–H and O–H groups in total. The van der Waals surface area contributed by atoms with Gasteiger partial charge in [-0.1, -0.05) is 20.3 Å². The van der Waals surface area contributed by atoms with E-state index in [4.69, 9.17) is 0 Å². The smallest absolute Gasteiger partial charge is 0.105 e. The van der Waals surface area contributed by atoms with Gasteiger partial charge in [-0.3, -0.25) is 0 Å².